The van der Waals surface area contributed by atoms with E-state index in [-0.39, 0.29) is 5.91 Å². The molecule has 0 aliphatic rings. The van der Waals surface area contributed by atoms with Crippen LogP contribution in [0, 0.1) is 0 Å². The topological polar surface area (TPSA) is 46.9 Å². The highest BCUT2D eigenvalue weighted by atomic mass is 32.1. The zero-order valence-corrected chi connectivity index (χ0v) is 15.5. The molecule has 0 fully saturated rings. The fraction of sp³-hybridized carbons (Fsp3) is 0.0909. The molecule has 5 heteroatoms. The van der Waals surface area contributed by atoms with Crippen molar-refractivity contribution in [1.82, 2.24) is 15.1 Å². The Morgan fingerprint density at radius 3 is 2.41 bits per heavy atom. The molecule has 0 spiro atoms. The second-order valence-electron chi connectivity index (χ2n) is 6.13. The zero-order valence-electron chi connectivity index (χ0n) is 14.7. The lowest BCUT2D eigenvalue weighted by atomic mass is 10.1. The average Bonchev–Trinajstić information content (AvgIpc) is 3.39. The Labute approximate surface area is 162 Å². The minimum absolute atomic E-state index is 0.120. The van der Waals surface area contributed by atoms with Gasteiger partial charge < -0.3 is 5.32 Å². The highest BCUT2D eigenvalue weighted by molar-refractivity contribution is 7.13. The quantitative estimate of drug-likeness (QED) is 0.538. The van der Waals surface area contributed by atoms with E-state index in [1.54, 1.807) is 16.0 Å². The lowest BCUT2D eigenvalue weighted by Crippen LogP contribution is -2.27. The summed E-state index contributed by atoms with van der Waals surface area (Å²) in [7, 11) is 0. The molecular weight excluding hydrogens is 354 g/mol. The van der Waals surface area contributed by atoms with E-state index in [1.807, 2.05) is 72.1 Å². The van der Waals surface area contributed by atoms with Crippen LogP contribution in [0.25, 0.3) is 16.3 Å². The predicted molar refractivity (Wildman–Crippen MR) is 109 cm³/mol. The molecule has 4 nitrogen and oxygen atoms in total. The molecule has 1 N–H and O–H groups in total. The molecule has 4 rings (SSSR count). The van der Waals surface area contributed by atoms with Crippen molar-refractivity contribution >= 4 is 17.2 Å². The summed E-state index contributed by atoms with van der Waals surface area (Å²) >= 11 is 1.61. The summed E-state index contributed by atoms with van der Waals surface area (Å²) in [5.74, 6) is -0.120. The van der Waals surface area contributed by atoms with Gasteiger partial charge in [0.15, 0.2) is 0 Å². The van der Waals surface area contributed by atoms with E-state index in [0.717, 1.165) is 22.7 Å². The van der Waals surface area contributed by atoms with Crippen molar-refractivity contribution in [2.24, 2.45) is 0 Å². The van der Waals surface area contributed by atoms with Crippen molar-refractivity contribution in [1.29, 1.82) is 0 Å². The lowest BCUT2D eigenvalue weighted by molar-refractivity contribution is 0.0946. The van der Waals surface area contributed by atoms with E-state index in [2.05, 4.69) is 22.5 Å². The van der Waals surface area contributed by atoms with Crippen molar-refractivity contribution < 1.29 is 4.79 Å². The standard InChI is InChI=1S/C22H19N3OS/c26-22(23-14-13-17-8-3-1-4-9-17)20-16-19(21-12-7-15-27-21)24-25(20)18-10-5-2-6-11-18/h1-12,15-16H,13-14H2,(H,23,26). The van der Waals surface area contributed by atoms with E-state index in [9.17, 15) is 4.79 Å². The first kappa shape index (κ1) is 17.2. The molecule has 2 aromatic heterocycles. The van der Waals surface area contributed by atoms with Crippen LogP contribution in [0.1, 0.15) is 16.1 Å². The molecule has 0 aliphatic carbocycles. The van der Waals surface area contributed by atoms with Crippen molar-refractivity contribution in [3.63, 3.8) is 0 Å². The highest BCUT2D eigenvalue weighted by Crippen LogP contribution is 2.25. The largest absolute Gasteiger partial charge is 0.350 e. The number of hydrogen-bond acceptors (Lipinski definition) is 3. The Balaban J connectivity index is 1.57. The molecule has 134 valence electrons. The number of nitrogens with zero attached hydrogens (tertiary/aromatic N) is 2. The van der Waals surface area contributed by atoms with Crippen LogP contribution in [-0.4, -0.2) is 22.2 Å². The van der Waals surface area contributed by atoms with E-state index in [0.29, 0.717) is 12.2 Å². The number of para-hydroxylation sites is 1. The van der Waals surface area contributed by atoms with Gasteiger partial charge in [-0.15, -0.1) is 11.3 Å². The zero-order chi connectivity index (χ0) is 18.5. The number of hydrogen-bond donors (Lipinski definition) is 1. The van der Waals surface area contributed by atoms with Crippen LogP contribution < -0.4 is 5.32 Å². The first-order chi connectivity index (χ1) is 13.3. The highest BCUT2D eigenvalue weighted by Gasteiger charge is 2.17. The minimum Gasteiger partial charge on any atom is -0.350 e. The van der Waals surface area contributed by atoms with Gasteiger partial charge in [0.25, 0.3) is 5.91 Å². The summed E-state index contributed by atoms with van der Waals surface area (Å²) in [6.07, 6.45) is 0.795. The van der Waals surface area contributed by atoms with Crippen LogP contribution in [-0.2, 0) is 6.42 Å². The number of nitrogens with one attached hydrogen (secondary N) is 1. The van der Waals surface area contributed by atoms with E-state index >= 15 is 0 Å². The van der Waals surface area contributed by atoms with Crippen molar-refractivity contribution in [3.8, 4) is 16.3 Å². The summed E-state index contributed by atoms with van der Waals surface area (Å²) in [6, 6.07) is 25.7. The van der Waals surface area contributed by atoms with Crippen molar-refractivity contribution in [2.45, 2.75) is 6.42 Å². The first-order valence-corrected chi connectivity index (χ1v) is 9.71. The van der Waals surface area contributed by atoms with Gasteiger partial charge in [0.1, 0.15) is 11.4 Å². The average molecular weight is 373 g/mol. The summed E-state index contributed by atoms with van der Waals surface area (Å²) in [4.78, 5) is 13.9. The van der Waals surface area contributed by atoms with Crippen LogP contribution in [0.5, 0.6) is 0 Å². The molecule has 4 aromatic rings. The Morgan fingerprint density at radius 1 is 0.963 bits per heavy atom. The van der Waals surface area contributed by atoms with Gasteiger partial charge in [-0.1, -0.05) is 54.6 Å². The third-order valence-electron chi connectivity index (χ3n) is 4.26. The molecule has 0 bridgehead atoms. The van der Waals surface area contributed by atoms with Gasteiger partial charge >= 0.3 is 0 Å². The number of carbonyl (C=O) groups is 1. The Kier molecular flexibility index (Phi) is 5.12. The smallest absolute Gasteiger partial charge is 0.270 e. The second kappa shape index (κ2) is 8.01. The van der Waals surface area contributed by atoms with Crippen molar-refractivity contribution in [2.75, 3.05) is 6.54 Å². The fourth-order valence-electron chi connectivity index (χ4n) is 2.91. The van der Waals surface area contributed by atoms with Crippen molar-refractivity contribution in [3.05, 3.63) is 95.5 Å². The molecule has 0 unspecified atom stereocenters. The van der Waals surface area contributed by atoms with Crippen LogP contribution >= 0.6 is 11.3 Å². The SMILES string of the molecule is O=C(NCCc1ccccc1)c1cc(-c2cccs2)nn1-c1ccccc1. The maximum Gasteiger partial charge on any atom is 0.270 e. The second-order valence-corrected chi connectivity index (χ2v) is 7.08. The Hall–Kier alpha value is -3.18. The fourth-order valence-corrected chi connectivity index (χ4v) is 3.59. The normalized spacial score (nSPS) is 10.7. The molecule has 0 saturated carbocycles. The third-order valence-corrected chi connectivity index (χ3v) is 5.15. The molecule has 0 aliphatic heterocycles. The molecule has 2 heterocycles. The molecule has 0 atom stereocenters. The van der Waals surface area contributed by atoms with Crippen LogP contribution in [0.3, 0.4) is 0 Å². The van der Waals surface area contributed by atoms with Gasteiger partial charge in [-0.05, 0) is 41.6 Å². The predicted octanol–water partition coefficient (Wildman–Crippen LogP) is 4.57. The maximum atomic E-state index is 12.8. The van der Waals surface area contributed by atoms with Gasteiger partial charge in [-0.2, -0.15) is 5.10 Å². The summed E-state index contributed by atoms with van der Waals surface area (Å²) in [5.41, 5.74) is 3.42. The first-order valence-electron chi connectivity index (χ1n) is 8.83. The van der Waals surface area contributed by atoms with Crippen LogP contribution in [0.2, 0.25) is 0 Å². The van der Waals surface area contributed by atoms with Gasteiger partial charge in [-0.25, -0.2) is 4.68 Å². The van der Waals surface area contributed by atoms with Crippen LogP contribution in [0.15, 0.2) is 84.2 Å². The van der Waals surface area contributed by atoms with Gasteiger partial charge in [0.05, 0.1) is 10.6 Å². The number of aromatic nitrogens is 2. The van der Waals surface area contributed by atoms with E-state index in [1.165, 1.54) is 5.56 Å². The Bertz CT molecular complexity index is 1010. The molecule has 0 saturated heterocycles. The molecule has 0 radical (unpaired) electrons. The van der Waals surface area contributed by atoms with E-state index < -0.39 is 0 Å². The van der Waals surface area contributed by atoms with E-state index in [4.69, 9.17) is 0 Å². The number of rotatable bonds is 6. The number of carbonyl (C=O) groups excluding carboxylic acids is 1. The Morgan fingerprint density at radius 2 is 1.70 bits per heavy atom. The summed E-state index contributed by atoms with van der Waals surface area (Å²) in [6.45, 7) is 0.581. The maximum absolute atomic E-state index is 12.8. The molecular formula is C22H19N3OS. The number of thiophene rings is 1. The van der Waals surface area contributed by atoms with Gasteiger partial charge in [0, 0.05) is 6.54 Å². The minimum atomic E-state index is -0.120. The lowest BCUT2D eigenvalue weighted by Gasteiger charge is -2.08. The summed E-state index contributed by atoms with van der Waals surface area (Å²) < 4.78 is 1.72. The third kappa shape index (κ3) is 3.99. The number of benzene rings is 2. The molecule has 27 heavy (non-hydrogen) atoms. The summed E-state index contributed by atoms with van der Waals surface area (Å²) in [5, 5.41) is 9.71. The number of amides is 1. The monoisotopic (exact) mass is 373 g/mol. The van der Waals surface area contributed by atoms with Gasteiger partial charge in [0.2, 0.25) is 0 Å². The van der Waals surface area contributed by atoms with Gasteiger partial charge in [-0.3, -0.25) is 4.79 Å². The molecule has 1 amide bonds. The molecule has 2 aromatic carbocycles. The van der Waals surface area contributed by atoms with Crippen LogP contribution in [0.4, 0.5) is 0 Å².